The van der Waals surface area contributed by atoms with Crippen molar-refractivity contribution >= 4 is 33.7 Å². The smallest absolute Gasteiger partial charge is 0.172 e. The van der Waals surface area contributed by atoms with E-state index in [2.05, 4.69) is 36.4 Å². The molecule has 0 unspecified atom stereocenters. The molecule has 0 aliphatic carbocycles. The monoisotopic (exact) mass is 410 g/mol. The summed E-state index contributed by atoms with van der Waals surface area (Å²) in [4.78, 5) is 8.82. The van der Waals surface area contributed by atoms with Crippen LogP contribution in [0.4, 0.5) is 5.69 Å². The maximum absolute atomic E-state index is 9.89. The molecule has 1 heterocycles. The van der Waals surface area contributed by atoms with Gasteiger partial charge in [0, 0.05) is 17.8 Å². The van der Waals surface area contributed by atoms with E-state index in [4.69, 9.17) is 0 Å². The Balaban J connectivity index is 1.87. The van der Waals surface area contributed by atoms with Crippen LogP contribution in [-0.4, -0.2) is 27.2 Å². The number of amidine groups is 1. The van der Waals surface area contributed by atoms with Gasteiger partial charge in [-0.3, -0.25) is 10.4 Å². The predicted octanol–water partition coefficient (Wildman–Crippen LogP) is 3.96. The van der Waals surface area contributed by atoms with Gasteiger partial charge in [-0.1, -0.05) is 24.3 Å². The van der Waals surface area contributed by atoms with Gasteiger partial charge in [-0.2, -0.15) is 5.10 Å². The molecule has 3 N–H and O–H groups in total. The lowest BCUT2D eigenvalue weighted by molar-refractivity contribution is 0.448. The fraction of sp³-hybridized carbons (Fsp3) is 0. The quantitative estimate of drug-likeness (QED) is 0.345. The highest BCUT2D eigenvalue weighted by molar-refractivity contribution is 9.10. The predicted molar refractivity (Wildman–Crippen MR) is 105 cm³/mol. The molecular formula is C19H15BrN4O2. The molecule has 130 valence electrons. The Hall–Kier alpha value is -3.19. The van der Waals surface area contributed by atoms with E-state index in [9.17, 15) is 10.2 Å². The molecule has 0 spiro atoms. The average molecular weight is 411 g/mol. The van der Waals surface area contributed by atoms with Crippen molar-refractivity contribution in [3.63, 3.8) is 0 Å². The summed E-state index contributed by atoms with van der Waals surface area (Å²) in [6, 6.07) is 17.7. The summed E-state index contributed by atoms with van der Waals surface area (Å²) < 4.78 is 0.458. The first-order valence-corrected chi connectivity index (χ1v) is 8.48. The number of benzene rings is 2. The molecule has 6 nitrogen and oxygen atoms in total. The number of aromatic nitrogens is 1. The van der Waals surface area contributed by atoms with E-state index < -0.39 is 0 Å². The molecule has 0 bridgehead atoms. The van der Waals surface area contributed by atoms with Crippen LogP contribution >= 0.6 is 15.9 Å². The first-order chi connectivity index (χ1) is 12.6. The Morgan fingerprint density at radius 2 is 1.77 bits per heavy atom. The van der Waals surface area contributed by atoms with Crippen LogP contribution in [0.5, 0.6) is 11.5 Å². The fourth-order valence-corrected chi connectivity index (χ4v) is 2.47. The van der Waals surface area contributed by atoms with Crippen LogP contribution in [0.1, 0.15) is 11.3 Å². The molecule has 1 aromatic heterocycles. The van der Waals surface area contributed by atoms with Gasteiger partial charge in [0.2, 0.25) is 0 Å². The normalized spacial score (nSPS) is 11.7. The lowest BCUT2D eigenvalue weighted by Crippen LogP contribution is -2.20. The number of hydrogen-bond donors (Lipinski definition) is 3. The molecule has 26 heavy (non-hydrogen) atoms. The minimum atomic E-state index is -0.0874. The molecule has 0 radical (unpaired) electrons. The largest absolute Gasteiger partial charge is 0.507 e. The molecule has 0 aliphatic rings. The molecule has 0 fully saturated rings. The molecule has 3 aromatic rings. The van der Waals surface area contributed by atoms with Gasteiger partial charge >= 0.3 is 0 Å². The molecule has 3 rings (SSSR count). The van der Waals surface area contributed by atoms with Crippen LogP contribution in [-0.2, 0) is 0 Å². The van der Waals surface area contributed by atoms with E-state index in [1.807, 2.05) is 48.5 Å². The van der Waals surface area contributed by atoms with Gasteiger partial charge in [-0.25, -0.2) is 4.99 Å². The minimum Gasteiger partial charge on any atom is -0.507 e. The van der Waals surface area contributed by atoms with Gasteiger partial charge in [0.1, 0.15) is 17.2 Å². The van der Waals surface area contributed by atoms with E-state index in [0.717, 1.165) is 5.69 Å². The summed E-state index contributed by atoms with van der Waals surface area (Å²) in [7, 11) is 0. The van der Waals surface area contributed by atoms with E-state index in [1.54, 1.807) is 12.3 Å². The fourth-order valence-electron chi connectivity index (χ4n) is 2.11. The topological polar surface area (TPSA) is 90.1 Å². The lowest BCUT2D eigenvalue weighted by atomic mass is 10.2. The number of phenols is 2. The third kappa shape index (κ3) is 4.46. The third-order valence-corrected chi connectivity index (χ3v) is 4.01. The first-order valence-electron chi connectivity index (χ1n) is 7.69. The highest BCUT2D eigenvalue weighted by Crippen LogP contribution is 2.30. The molecule has 2 aromatic carbocycles. The number of halogens is 1. The van der Waals surface area contributed by atoms with Gasteiger partial charge in [-0.05, 0) is 46.3 Å². The Kier molecular flexibility index (Phi) is 5.60. The van der Waals surface area contributed by atoms with Gasteiger partial charge in [0.15, 0.2) is 5.84 Å². The molecule has 0 aliphatic heterocycles. The van der Waals surface area contributed by atoms with Crippen LogP contribution in [0.15, 0.2) is 81.4 Å². The number of nitrogens with one attached hydrogen (secondary N) is 1. The van der Waals surface area contributed by atoms with Crippen molar-refractivity contribution in [3.8, 4) is 11.5 Å². The van der Waals surface area contributed by atoms with Crippen LogP contribution in [0, 0.1) is 0 Å². The summed E-state index contributed by atoms with van der Waals surface area (Å²) in [5.74, 6) is 0.327. The third-order valence-electron chi connectivity index (χ3n) is 3.37. The first kappa shape index (κ1) is 17.6. The van der Waals surface area contributed by atoms with Crippen LogP contribution < -0.4 is 5.43 Å². The maximum Gasteiger partial charge on any atom is 0.172 e. The average Bonchev–Trinajstić information content (AvgIpc) is 2.66. The van der Waals surface area contributed by atoms with Crippen molar-refractivity contribution < 1.29 is 10.2 Å². The van der Waals surface area contributed by atoms with Gasteiger partial charge in [0.25, 0.3) is 0 Å². The number of hydrogen-bond acceptors (Lipinski definition) is 5. The van der Waals surface area contributed by atoms with Crippen molar-refractivity contribution in [2.75, 3.05) is 0 Å². The molecule has 0 saturated carbocycles. The van der Waals surface area contributed by atoms with Crippen molar-refractivity contribution in [3.05, 3.63) is 82.6 Å². The summed E-state index contributed by atoms with van der Waals surface area (Å²) in [6.07, 6.45) is 3.10. The SMILES string of the molecule is Oc1cc(O)c(/C=N\NC(=Nc2ccccc2)c2ccccn2)cc1Br. The van der Waals surface area contributed by atoms with Crippen molar-refractivity contribution in [2.24, 2.45) is 10.1 Å². The van der Waals surface area contributed by atoms with E-state index in [1.165, 1.54) is 12.3 Å². The minimum absolute atomic E-state index is 0.0487. The Morgan fingerprint density at radius 1 is 1.00 bits per heavy atom. The second-order valence-corrected chi connectivity index (χ2v) is 6.10. The van der Waals surface area contributed by atoms with Crippen molar-refractivity contribution in [1.82, 2.24) is 10.4 Å². The summed E-state index contributed by atoms with van der Waals surface area (Å²) in [5.41, 5.74) is 4.68. The van der Waals surface area contributed by atoms with Crippen LogP contribution in [0.3, 0.4) is 0 Å². The second-order valence-electron chi connectivity index (χ2n) is 5.24. The van der Waals surface area contributed by atoms with Gasteiger partial charge in [0.05, 0.1) is 16.4 Å². The van der Waals surface area contributed by atoms with E-state index in [-0.39, 0.29) is 11.5 Å². The van der Waals surface area contributed by atoms with E-state index >= 15 is 0 Å². The lowest BCUT2D eigenvalue weighted by Gasteiger charge is -2.06. The number of nitrogens with zero attached hydrogens (tertiary/aromatic N) is 3. The number of aromatic hydroxyl groups is 2. The number of para-hydroxylation sites is 1. The van der Waals surface area contributed by atoms with Gasteiger partial charge < -0.3 is 10.2 Å². The number of rotatable bonds is 4. The number of phenolic OH excluding ortho intramolecular Hbond substituents is 2. The van der Waals surface area contributed by atoms with Crippen LogP contribution in [0.25, 0.3) is 0 Å². The zero-order valence-electron chi connectivity index (χ0n) is 13.5. The van der Waals surface area contributed by atoms with Crippen molar-refractivity contribution in [2.45, 2.75) is 0 Å². The zero-order chi connectivity index (χ0) is 18.4. The molecule has 0 atom stereocenters. The standard InChI is InChI=1S/C19H15BrN4O2/c20-15-10-13(17(25)11-18(15)26)12-22-24-19(16-8-4-5-9-21-16)23-14-6-2-1-3-7-14/h1-12,25-26H,(H,23,24)/b22-12-. The molecule has 0 saturated heterocycles. The summed E-state index contributed by atoms with van der Waals surface area (Å²) >= 11 is 3.21. The Morgan fingerprint density at radius 3 is 2.50 bits per heavy atom. The maximum atomic E-state index is 9.89. The Labute approximate surface area is 158 Å². The highest BCUT2D eigenvalue weighted by atomic mass is 79.9. The summed E-state index contributed by atoms with van der Waals surface area (Å²) in [5, 5.41) is 23.6. The second kappa shape index (κ2) is 8.26. The number of aliphatic imine (C=N–C) groups is 1. The molecule has 7 heteroatoms. The van der Waals surface area contributed by atoms with Crippen molar-refractivity contribution in [1.29, 1.82) is 0 Å². The number of hydrazone groups is 1. The van der Waals surface area contributed by atoms with E-state index in [0.29, 0.717) is 21.6 Å². The number of pyridine rings is 1. The highest BCUT2D eigenvalue weighted by Gasteiger charge is 2.06. The zero-order valence-corrected chi connectivity index (χ0v) is 15.1. The molecular weight excluding hydrogens is 396 g/mol. The summed E-state index contributed by atoms with van der Waals surface area (Å²) in [6.45, 7) is 0. The van der Waals surface area contributed by atoms with Crippen LogP contribution in [0.2, 0.25) is 0 Å². The van der Waals surface area contributed by atoms with Gasteiger partial charge in [-0.15, -0.1) is 0 Å². The Bertz CT molecular complexity index is 945. The molecule has 0 amide bonds.